The summed E-state index contributed by atoms with van der Waals surface area (Å²) in [5, 5.41) is 13.0. The lowest BCUT2D eigenvalue weighted by molar-refractivity contribution is 0.0664. The van der Waals surface area contributed by atoms with Crippen LogP contribution in [0.1, 0.15) is 32.6 Å². The summed E-state index contributed by atoms with van der Waals surface area (Å²) in [6.07, 6.45) is 4.84. The first-order valence-corrected chi connectivity index (χ1v) is 5.60. The molecule has 0 saturated heterocycles. The highest BCUT2D eigenvalue weighted by molar-refractivity contribution is 4.94. The number of nitrogens with one attached hydrogen (secondary N) is 1. The fourth-order valence-electron chi connectivity index (χ4n) is 2.37. The fourth-order valence-corrected chi connectivity index (χ4v) is 2.37. The number of ether oxygens (including phenoxy) is 1. The molecule has 0 aromatic rings. The molecular formula is C11H23NO2. The van der Waals surface area contributed by atoms with Crippen LogP contribution in [0.4, 0.5) is 0 Å². The third-order valence-electron chi connectivity index (χ3n) is 3.52. The summed E-state index contributed by atoms with van der Waals surface area (Å²) >= 11 is 0. The minimum Gasteiger partial charge on any atom is -0.394 e. The third-order valence-corrected chi connectivity index (χ3v) is 3.52. The molecule has 0 bridgehead atoms. The number of hydrogen-bond donors (Lipinski definition) is 2. The molecule has 3 heteroatoms. The van der Waals surface area contributed by atoms with Crippen LogP contribution in [0.15, 0.2) is 0 Å². The Morgan fingerprint density at radius 1 is 1.50 bits per heavy atom. The monoisotopic (exact) mass is 201 g/mol. The number of methoxy groups -OCH3 is 1. The molecule has 0 heterocycles. The summed E-state index contributed by atoms with van der Waals surface area (Å²) in [4.78, 5) is 0. The Labute approximate surface area is 86.8 Å². The number of rotatable bonds is 5. The molecule has 1 aliphatic rings. The molecular weight excluding hydrogens is 178 g/mol. The van der Waals surface area contributed by atoms with Crippen LogP contribution >= 0.6 is 0 Å². The van der Waals surface area contributed by atoms with Crippen LogP contribution in [0, 0.1) is 5.92 Å². The molecule has 3 nitrogen and oxygen atoms in total. The van der Waals surface area contributed by atoms with Gasteiger partial charge in [0.05, 0.1) is 13.2 Å². The summed E-state index contributed by atoms with van der Waals surface area (Å²) in [6, 6.07) is 0. The largest absolute Gasteiger partial charge is 0.394 e. The summed E-state index contributed by atoms with van der Waals surface area (Å²) < 4.78 is 5.01. The Kier molecular flexibility index (Phi) is 4.85. The minimum atomic E-state index is -0.0449. The van der Waals surface area contributed by atoms with E-state index in [1.165, 1.54) is 19.3 Å². The second-order valence-corrected chi connectivity index (χ2v) is 4.38. The van der Waals surface area contributed by atoms with Crippen LogP contribution in [0.2, 0.25) is 0 Å². The molecule has 2 N–H and O–H groups in total. The van der Waals surface area contributed by atoms with Gasteiger partial charge in [0, 0.05) is 19.2 Å². The number of aliphatic hydroxyl groups excluding tert-OH is 1. The van der Waals surface area contributed by atoms with E-state index in [-0.39, 0.29) is 12.1 Å². The van der Waals surface area contributed by atoms with Gasteiger partial charge in [0.25, 0.3) is 0 Å². The fraction of sp³-hybridized carbons (Fsp3) is 1.00. The van der Waals surface area contributed by atoms with Gasteiger partial charge in [-0.3, -0.25) is 0 Å². The standard InChI is InChI=1S/C11H23NO2/c1-10-5-3-4-6-11(10,9-13)12-7-8-14-2/h10,12-13H,3-9H2,1-2H3. The van der Waals surface area contributed by atoms with Gasteiger partial charge in [0.15, 0.2) is 0 Å². The van der Waals surface area contributed by atoms with Gasteiger partial charge in [-0.1, -0.05) is 19.8 Å². The summed E-state index contributed by atoms with van der Waals surface area (Å²) in [5.41, 5.74) is -0.0449. The van der Waals surface area contributed by atoms with Gasteiger partial charge in [0.1, 0.15) is 0 Å². The lowest BCUT2D eigenvalue weighted by Gasteiger charge is -2.42. The Morgan fingerprint density at radius 3 is 2.86 bits per heavy atom. The molecule has 2 atom stereocenters. The van der Waals surface area contributed by atoms with Gasteiger partial charge in [-0.05, 0) is 18.8 Å². The normalized spacial score (nSPS) is 33.2. The van der Waals surface area contributed by atoms with Crippen molar-refractivity contribution >= 4 is 0 Å². The Balaban J connectivity index is 2.45. The van der Waals surface area contributed by atoms with E-state index in [0.29, 0.717) is 12.5 Å². The van der Waals surface area contributed by atoms with E-state index in [2.05, 4.69) is 12.2 Å². The zero-order chi connectivity index (χ0) is 10.4. The second kappa shape index (κ2) is 5.69. The highest BCUT2D eigenvalue weighted by atomic mass is 16.5. The van der Waals surface area contributed by atoms with Crippen molar-refractivity contribution in [2.24, 2.45) is 5.92 Å². The second-order valence-electron chi connectivity index (χ2n) is 4.38. The average molecular weight is 201 g/mol. The van der Waals surface area contributed by atoms with Crippen molar-refractivity contribution in [1.82, 2.24) is 5.32 Å². The molecule has 0 spiro atoms. The van der Waals surface area contributed by atoms with Crippen LogP contribution in [0.3, 0.4) is 0 Å². The SMILES string of the molecule is COCCNC1(CO)CCCCC1C. The summed E-state index contributed by atoms with van der Waals surface area (Å²) in [5.74, 6) is 0.568. The van der Waals surface area contributed by atoms with Gasteiger partial charge in [-0.15, -0.1) is 0 Å². The van der Waals surface area contributed by atoms with Gasteiger partial charge in [-0.2, -0.15) is 0 Å². The van der Waals surface area contributed by atoms with Crippen LogP contribution in [-0.4, -0.2) is 37.5 Å². The first kappa shape index (κ1) is 12.0. The van der Waals surface area contributed by atoms with Crippen molar-refractivity contribution < 1.29 is 9.84 Å². The first-order chi connectivity index (χ1) is 6.75. The van der Waals surface area contributed by atoms with Crippen LogP contribution in [0.25, 0.3) is 0 Å². The maximum atomic E-state index is 9.51. The molecule has 0 aromatic carbocycles. The molecule has 0 amide bonds. The van der Waals surface area contributed by atoms with E-state index >= 15 is 0 Å². The molecule has 0 aliphatic heterocycles. The van der Waals surface area contributed by atoms with Crippen molar-refractivity contribution in [2.45, 2.75) is 38.1 Å². The molecule has 84 valence electrons. The third kappa shape index (κ3) is 2.69. The van der Waals surface area contributed by atoms with Crippen molar-refractivity contribution in [3.63, 3.8) is 0 Å². The molecule has 14 heavy (non-hydrogen) atoms. The highest BCUT2D eigenvalue weighted by Gasteiger charge is 2.36. The van der Waals surface area contributed by atoms with Crippen LogP contribution < -0.4 is 5.32 Å². The van der Waals surface area contributed by atoms with E-state index in [1.807, 2.05) is 0 Å². The smallest absolute Gasteiger partial charge is 0.0615 e. The lowest BCUT2D eigenvalue weighted by atomic mass is 9.74. The summed E-state index contributed by atoms with van der Waals surface area (Å²) in [6.45, 7) is 4.03. The van der Waals surface area contributed by atoms with Gasteiger partial charge in [0.2, 0.25) is 0 Å². The zero-order valence-electron chi connectivity index (χ0n) is 9.38. The predicted octanol–water partition coefficient (Wildman–Crippen LogP) is 1.16. The zero-order valence-corrected chi connectivity index (χ0v) is 9.38. The van der Waals surface area contributed by atoms with Gasteiger partial charge in [-0.25, -0.2) is 0 Å². The van der Waals surface area contributed by atoms with Gasteiger partial charge >= 0.3 is 0 Å². The van der Waals surface area contributed by atoms with E-state index in [1.54, 1.807) is 7.11 Å². The number of aliphatic hydroxyl groups is 1. The van der Waals surface area contributed by atoms with E-state index in [0.717, 1.165) is 13.0 Å². The van der Waals surface area contributed by atoms with Crippen molar-refractivity contribution in [2.75, 3.05) is 26.9 Å². The van der Waals surface area contributed by atoms with Crippen LogP contribution in [0.5, 0.6) is 0 Å². The van der Waals surface area contributed by atoms with E-state index in [4.69, 9.17) is 4.74 Å². The van der Waals surface area contributed by atoms with Gasteiger partial charge < -0.3 is 15.2 Å². The molecule has 1 rings (SSSR count). The number of hydrogen-bond acceptors (Lipinski definition) is 3. The van der Waals surface area contributed by atoms with Crippen molar-refractivity contribution in [3.8, 4) is 0 Å². The molecule has 1 fully saturated rings. The molecule has 1 saturated carbocycles. The minimum absolute atomic E-state index is 0.0449. The predicted molar refractivity (Wildman–Crippen MR) is 57.3 cm³/mol. The highest BCUT2D eigenvalue weighted by Crippen LogP contribution is 2.32. The Morgan fingerprint density at radius 2 is 2.29 bits per heavy atom. The van der Waals surface area contributed by atoms with Crippen LogP contribution in [-0.2, 0) is 4.74 Å². The average Bonchev–Trinajstić information content (AvgIpc) is 2.21. The quantitative estimate of drug-likeness (QED) is 0.656. The Bertz CT molecular complexity index is 163. The molecule has 0 aromatic heterocycles. The summed E-state index contributed by atoms with van der Waals surface area (Å²) in [7, 11) is 1.71. The maximum absolute atomic E-state index is 9.51. The van der Waals surface area contributed by atoms with E-state index in [9.17, 15) is 5.11 Å². The first-order valence-electron chi connectivity index (χ1n) is 5.60. The Hall–Kier alpha value is -0.120. The van der Waals surface area contributed by atoms with Crippen molar-refractivity contribution in [3.05, 3.63) is 0 Å². The lowest BCUT2D eigenvalue weighted by Crippen LogP contribution is -2.55. The maximum Gasteiger partial charge on any atom is 0.0615 e. The molecule has 1 aliphatic carbocycles. The molecule has 0 radical (unpaired) electrons. The molecule has 2 unspecified atom stereocenters. The van der Waals surface area contributed by atoms with Crippen molar-refractivity contribution in [1.29, 1.82) is 0 Å². The topological polar surface area (TPSA) is 41.5 Å². The van der Waals surface area contributed by atoms with E-state index < -0.39 is 0 Å².